The van der Waals surface area contributed by atoms with Crippen molar-refractivity contribution >= 4 is 27.4 Å². The highest BCUT2D eigenvalue weighted by Gasteiger charge is 1.99. The van der Waals surface area contributed by atoms with E-state index in [2.05, 4.69) is 26.2 Å². The van der Waals surface area contributed by atoms with E-state index < -0.39 is 0 Å². The highest BCUT2D eigenvalue weighted by molar-refractivity contribution is 9.10. The topological polar surface area (TPSA) is 34.1 Å². The summed E-state index contributed by atoms with van der Waals surface area (Å²) in [4.78, 5) is 4.31. The zero-order valence-electron chi connectivity index (χ0n) is 10.4. The Morgan fingerprint density at radius 3 is 2.44 bits per heavy atom. The van der Waals surface area contributed by atoms with E-state index in [0.717, 1.165) is 21.9 Å². The molecule has 0 saturated heterocycles. The van der Waals surface area contributed by atoms with E-state index in [9.17, 15) is 0 Å². The summed E-state index contributed by atoms with van der Waals surface area (Å²) in [5.41, 5.74) is 0.983. The molecule has 0 aliphatic carbocycles. The van der Waals surface area contributed by atoms with Gasteiger partial charge in [0, 0.05) is 5.69 Å². The Bertz CT molecular complexity index is 511. The van der Waals surface area contributed by atoms with Gasteiger partial charge in [-0.15, -0.1) is 0 Å². The molecule has 0 aliphatic rings. The van der Waals surface area contributed by atoms with Gasteiger partial charge in [-0.3, -0.25) is 0 Å². The van der Waals surface area contributed by atoms with Gasteiger partial charge in [0.05, 0.1) is 6.10 Å². The maximum atomic E-state index is 5.59. The highest BCUT2D eigenvalue weighted by atomic mass is 79.9. The van der Waals surface area contributed by atoms with Crippen LogP contribution in [0.3, 0.4) is 0 Å². The summed E-state index contributed by atoms with van der Waals surface area (Å²) in [6, 6.07) is 13.6. The number of hydrogen-bond acceptors (Lipinski definition) is 3. The lowest BCUT2D eigenvalue weighted by Gasteiger charge is -2.10. The predicted molar refractivity (Wildman–Crippen MR) is 77.4 cm³/mol. The van der Waals surface area contributed by atoms with Gasteiger partial charge >= 0.3 is 0 Å². The number of nitrogens with one attached hydrogen (secondary N) is 1. The molecule has 3 nitrogen and oxygen atoms in total. The van der Waals surface area contributed by atoms with Crippen molar-refractivity contribution in [2.75, 3.05) is 5.32 Å². The van der Waals surface area contributed by atoms with Gasteiger partial charge in [0.1, 0.15) is 16.2 Å². The normalized spacial score (nSPS) is 10.4. The fourth-order valence-corrected chi connectivity index (χ4v) is 1.86. The van der Waals surface area contributed by atoms with E-state index in [1.54, 1.807) is 0 Å². The van der Waals surface area contributed by atoms with Crippen LogP contribution in [0.25, 0.3) is 0 Å². The fourth-order valence-electron chi connectivity index (χ4n) is 1.51. The zero-order chi connectivity index (χ0) is 13.0. The molecule has 0 spiro atoms. The van der Waals surface area contributed by atoms with Crippen LogP contribution in [0.1, 0.15) is 13.8 Å². The molecule has 0 unspecified atom stereocenters. The number of rotatable bonds is 4. The van der Waals surface area contributed by atoms with Gasteiger partial charge in [-0.2, -0.15) is 0 Å². The van der Waals surface area contributed by atoms with Crippen molar-refractivity contribution in [3.05, 3.63) is 47.1 Å². The molecule has 1 N–H and O–H groups in total. The quantitative estimate of drug-likeness (QED) is 0.851. The molecule has 0 radical (unpaired) electrons. The Kier molecular flexibility index (Phi) is 4.20. The van der Waals surface area contributed by atoms with Crippen LogP contribution in [0.4, 0.5) is 11.5 Å². The molecule has 0 aliphatic heterocycles. The average molecular weight is 307 g/mol. The van der Waals surface area contributed by atoms with E-state index in [4.69, 9.17) is 4.74 Å². The summed E-state index contributed by atoms with van der Waals surface area (Å²) >= 11 is 3.34. The van der Waals surface area contributed by atoms with Crippen molar-refractivity contribution in [2.45, 2.75) is 20.0 Å². The third-order valence-corrected chi connectivity index (χ3v) is 2.66. The second kappa shape index (κ2) is 5.87. The molecule has 18 heavy (non-hydrogen) atoms. The minimum absolute atomic E-state index is 0.190. The molecule has 1 heterocycles. The number of hydrogen-bond donors (Lipinski definition) is 1. The number of ether oxygens (including phenoxy) is 1. The van der Waals surface area contributed by atoms with Crippen LogP contribution < -0.4 is 10.1 Å². The lowest BCUT2D eigenvalue weighted by atomic mass is 10.3. The van der Waals surface area contributed by atoms with Gasteiger partial charge in [-0.05, 0) is 66.2 Å². The van der Waals surface area contributed by atoms with Crippen LogP contribution in [-0.4, -0.2) is 11.1 Å². The molecular formula is C14H15BrN2O. The SMILES string of the molecule is CC(C)Oc1ccc(Nc2cccc(Br)n2)cc1. The number of pyridine rings is 1. The molecule has 0 saturated carbocycles. The maximum absolute atomic E-state index is 5.59. The standard InChI is InChI=1S/C14H15BrN2O/c1-10(2)18-12-8-6-11(7-9-12)16-14-5-3-4-13(15)17-14/h3-10H,1-2H3,(H,16,17). The lowest BCUT2D eigenvalue weighted by Crippen LogP contribution is -2.05. The van der Waals surface area contributed by atoms with Crippen molar-refractivity contribution in [1.29, 1.82) is 0 Å². The van der Waals surface area contributed by atoms with Crippen LogP contribution in [-0.2, 0) is 0 Å². The number of nitrogens with zero attached hydrogens (tertiary/aromatic N) is 1. The van der Waals surface area contributed by atoms with Crippen LogP contribution in [0, 0.1) is 0 Å². The molecule has 0 fully saturated rings. The Hall–Kier alpha value is -1.55. The Morgan fingerprint density at radius 1 is 1.11 bits per heavy atom. The van der Waals surface area contributed by atoms with Crippen molar-refractivity contribution in [2.24, 2.45) is 0 Å². The Labute approximate surface area is 115 Å². The lowest BCUT2D eigenvalue weighted by molar-refractivity contribution is 0.242. The molecule has 0 amide bonds. The molecular weight excluding hydrogens is 292 g/mol. The first-order chi connectivity index (χ1) is 8.63. The first-order valence-electron chi connectivity index (χ1n) is 5.80. The fraction of sp³-hybridized carbons (Fsp3) is 0.214. The zero-order valence-corrected chi connectivity index (χ0v) is 11.9. The van der Waals surface area contributed by atoms with E-state index in [1.807, 2.05) is 56.3 Å². The van der Waals surface area contributed by atoms with Crippen molar-refractivity contribution in [3.63, 3.8) is 0 Å². The third kappa shape index (κ3) is 3.74. The van der Waals surface area contributed by atoms with Gasteiger partial charge in [0.2, 0.25) is 0 Å². The van der Waals surface area contributed by atoms with Gasteiger partial charge in [-0.25, -0.2) is 4.98 Å². The van der Waals surface area contributed by atoms with E-state index >= 15 is 0 Å². The van der Waals surface area contributed by atoms with Crippen molar-refractivity contribution in [1.82, 2.24) is 4.98 Å². The number of halogens is 1. The Balaban J connectivity index is 2.06. The van der Waals surface area contributed by atoms with Gasteiger partial charge in [0.15, 0.2) is 0 Å². The molecule has 0 bridgehead atoms. The van der Waals surface area contributed by atoms with Crippen LogP contribution in [0.15, 0.2) is 47.1 Å². The third-order valence-electron chi connectivity index (χ3n) is 2.21. The minimum atomic E-state index is 0.190. The molecule has 4 heteroatoms. The van der Waals surface area contributed by atoms with Crippen LogP contribution >= 0.6 is 15.9 Å². The Morgan fingerprint density at radius 2 is 1.83 bits per heavy atom. The van der Waals surface area contributed by atoms with E-state index in [-0.39, 0.29) is 6.10 Å². The van der Waals surface area contributed by atoms with Crippen molar-refractivity contribution in [3.8, 4) is 5.75 Å². The predicted octanol–water partition coefficient (Wildman–Crippen LogP) is 4.37. The molecule has 2 aromatic rings. The van der Waals surface area contributed by atoms with Gasteiger partial charge in [-0.1, -0.05) is 6.07 Å². The maximum Gasteiger partial charge on any atom is 0.131 e. The van der Waals surface area contributed by atoms with Crippen molar-refractivity contribution < 1.29 is 4.74 Å². The minimum Gasteiger partial charge on any atom is -0.491 e. The van der Waals surface area contributed by atoms with Crippen LogP contribution in [0.2, 0.25) is 0 Å². The molecule has 94 valence electrons. The smallest absolute Gasteiger partial charge is 0.131 e. The summed E-state index contributed by atoms with van der Waals surface area (Å²) < 4.78 is 6.40. The molecule has 1 aromatic carbocycles. The van der Waals surface area contributed by atoms with E-state index in [1.165, 1.54) is 0 Å². The molecule has 2 rings (SSSR count). The largest absolute Gasteiger partial charge is 0.491 e. The second-order valence-corrected chi connectivity index (χ2v) is 4.97. The second-order valence-electron chi connectivity index (χ2n) is 4.16. The summed E-state index contributed by atoms with van der Waals surface area (Å²) in [6.45, 7) is 4.02. The van der Waals surface area contributed by atoms with Crippen LogP contribution in [0.5, 0.6) is 5.75 Å². The van der Waals surface area contributed by atoms with Gasteiger partial charge in [0.25, 0.3) is 0 Å². The number of anilines is 2. The summed E-state index contributed by atoms with van der Waals surface area (Å²) in [7, 11) is 0. The highest BCUT2D eigenvalue weighted by Crippen LogP contribution is 2.20. The number of aromatic nitrogens is 1. The molecule has 1 aromatic heterocycles. The molecule has 0 atom stereocenters. The first kappa shape index (κ1) is 12.9. The first-order valence-corrected chi connectivity index (χ1v) is 6.59. The average Bonchev–Trinajstić information content (AvgIpc) is 2.31. The number of benzene rings is 1. The van der Waals surface area contributed by atoms with E-state index in [0.29, 0.717) is 0 Å². The summed E-state index contributed by atoms with van der Waals surface area (Å²) in [5.74, 6) is 1.68. The summed E-state index contributed by atoms with van der Waals surface area (Å²) in [5, 5.41) is 3.23. The van der Waals surface area contributed by atoms with Gasteiger partial charge < -0.3 is 10.1 Å². The monoisotopic (exact) mass is 306 g/mol. The summed E-state index contributed by atoms with van der Waals surface area (Å²) in [6.07, 6.45) is 0.190.